The second-order valence-corrected chi connectivity index (χ2v) is 10.1. The third-order valence-electron chi connectivity index (χ3n) is 6.13. The van der Waals surface area contributed by atoms with Crippen LogP contribution in [0.1, 0.15) is 38.8 Å². The number of thiazole rings is 1. The van der Waals surface area contributed by atoms with Gasteiger partial charge in [0.15, 0.2) is 5.69 Å². The van der Waals surface area contributed by atoms with Gasteiger partial charge in [0, 0.05) is 32.1 Å². The number of nitrogens with zero attached hydrogens (tertiary/aromatic N) is 4. The molecular weight excluding hydrogens is 465 g/mol. The molecule has 1 fully saturated rings. The predicted octanol–water partition coefficient (Wildman–Crippen LogP) is 4.43. The van der Waals surface area contributed by atoms with Crippen LogP contribution in [0.15, 0.2) is 48.5 Å². The van der Waals surface area contributed by atoms with Crippen LogP contribution >= 0.6 is 11.3 Å². The fourth-order valence-electron chi connectivity index (χ4n) is 4.20. The Labute approximate surface area is 206 Å². The van der Waals surface area contributed by atoms with Gasteiger partial charge in [-0.1, -0.05) is 30.3 Å². The number of fused-ring (bicyclic) bond motifs is 1. The zero-order valence-corrected chi connectivity index (χ0v) is 20.4. The van der Waals surface area contributed by atoms with E-state index in [1.165, 1.54) is 23.5 Å². The molecule has 2 aromatic heterocycles. The molecule has 0 atom stereocenters. The average molecular weight is 492 g/mol. The lowest BCUT2D eigenvalue weighted by Gasteiger charge is -2.22. The number of halogens is 1. The monoisotopic (exact) mass is 491 g/mol. The Kier molecular flexibility index (Phi) is 6.34. The summed E-state index contributed by atoms with van der Waals surface area (Å²) in [6, 6.07) is 13.8. The van der Waals surface area contributed by atoms with Crippen molar-refractivity contribution in [2.75, 3.05) is 19.6 Å². The molecule has 35 heavy (non-hydrogen) atoms. The predicted molar refractivity (Wildman–Crippen MR) is 134 cm³/mol. The number of benzene rings is 2. The fourth-order valence-corrected chi connectivity index (χ4v) is 5.11. The minimum Gasteiger partial charge on any atom is -0.349 e. The molecule has 0 spiro atoms. The van der Waals surface area contributed by atoms with Crippen molar-refractivity contribution < 1.29 is 14.0 Å². The maximum Gasteiger partial charge on any atom is 0.274 e. The molecule has 0 saturated heterocycles. The lowest BCUT2D eigenvalue weighted by atomic mass is 10.1. The molecule has 1 saturated carbocycles. The number of carbonyl (C=O) groups is 2. The molecule has 1 N–H and O–H groups in total. The number of hydrogen-bond donors (Lipinski definition) is 1. The van der Waals surface area contributed by atoms with Crippen LogP contribution < -0.4 is 5.32 Å². The first kappa shape index (κ1) is 23.2. The first-order valence-electron chi connectivity index (χ1n) is 11.6. The molecule has 0 bridgehead atoms. The standard InChI is InChI=1S/C26H26FN5O2S/c1-16-29-23(24(35-16)18-6-5-7-19(27)14-18)26(34)32(15-17-10-11-17)13-12-28-25(33)22-20-8-3-4-9-21(20)31(2)30-22/h3-9,14,17H,10-13,15H2,1-2H3,(H,28,33). The number of para-hydroxylation sites is 1. The van der Waals surface area contributed by atoms with Gasteiger partial charge in [0.05, 0.1) is 15.4 Å². The van der Waals surface area contributed by atoms with Crippen molar-refractivity contribution in [2.24, 2.45) is 13.0 Å². The molecule has 0 aliphatic heterocycles. The van der Waals surface area contributed by atoms with Crippen molar-refractivity contribution in [3.63, 3.8) is 0 Å². The Morgan fingerprint density at radius 1 is 1.17 bits per heavy atom. The molecule has 0 unspecified atom stereocenters. The summed E-state index contributed by atoms with van der Waals surface area (Å²) in [6.07, 6.45) is 2.17. The van der Waals surface area contributed by atoms with E-state index in [1.54, 1.807) is 28.8 Å². The molecule has 4 aromatic rings. The quantitative estimate of drug-likeness (QED) is 0.396. The minimum absolute atomic E-state index is 0.196. The SMILES string of the molecule is Cc1nc(C(=O)N(CCNC(=O)c2nn(C)c3ccccc23)CC2CC2)c(-c2cccc(F)c2)s1. The molecule has 1 aliphatic rings. The Hall–Kier alpha value is -3.59. The Bertz CT molecular complexity index is 1410. The topological polar surface area (TPSA) is 80.1 Å². The van der Waals surface area contributed by atoms with Crippen LogP contribution in [0.2, 0.25) is 0 Å². The summed E-state index contributed by atoms with van der Waals surface area (Å²) < 4.78 is 15.5. The molecule has 0 radical (unpaired) electrons. The number of carbonyl (C=O) groups excluding carboxylic acids is 2. The number of amides is 2. The van der Waals surface area contributed by atoms with Crippen molar-refractivity contribution >= 4 is 34.1 Å². The molecule has 2 amide bonds. The second-order valence-electron chi connectivity index (χ2n) is 8.86. The number of aromatic nitrogens is 3. The highest BCUT2D eigenvalue weighted by Crippen LogP contribution is 2.33. The third-order valence-corrected chi connectivity index (χ3v) is 7.15. The van der Waals surface area contributed by atoms with E-state index >= 15 is 0 Å². The number of rotatable bonds is 8. The normalized spacial score (nSPS) is 13.2. The summed E-state index contributed by atoms with van der Waals surface area (Å²) in [7, 11) is 1.81. The van der Waals surface area contributed by atoms with E-state index in [1.807, 2.05) is 31.2 Å². The Balaban J connectivity index is 1.32. The molecule has 7 nitrogen and oxygen atoms in total. The van der Waals surface area contributed by atoms with Crippen molar-refractivity contribution in [3.8, 4) is 10.4 Å². The highest BCUT2D eigenvalue weighted by Gasteiger charge is 2.30. The minimum atomic E-state index is -0.355. The second kappa shape index (κ2) is 9.58. The van der Waals surface area contributed by atoms with E-state index in [0.29, 0.717) is 47.4 Å². The van der Waals surface area contributed by atoms with Gasteiger partial charge in [0.25, 0.3) is 11.8 Å². The maximum absolute atomic E-state index is 13.9. The van der Waals surface area contributed by atoms with Crippen molar-refractivity contribution in [1.82, 2.24) is 25.0 Å². The zero-order chi connectivity index (χ0) is 24.5. The number of hydrogen-bond acceptors (Lipinski definition) is 5. The van der Waals surface area contributed by atoms with Crippen LogP contribution in [0.5, 0.6) is 0 Å². The van der Waals surface area contributed by atoms with Crippen LogP contribution in [-0.4, -0.2) is 51.1 Å². The smallest absolute Gasteiger partial charge is 0.274 e. The van der Waals surface area contributed by atoms with Crippen LogP contribution in [0.3, 0.4) is 0 Å². The molecule has 1 aliphatic carbocycles. The van der Waals surface area contributed by atoms with E-state index in [0.717, 1.165) is 28.8 Å². The lowest BCUT2D eigenvalue weighted by molar-refractivity contribution is 0.0736. The van der Waals surface area contributed by atoms with Crippen LogP contribution in [0, 0.1) is 18.7 Å². The Morgan fingerprint density at radius 3 is 2.74 bits per heavy atom. The average Bonchev–Trinajstić information content (AvgIpc) is 3.49. The lowest BCUT2D eigenvalue weighted by Crippen LogP contribution is -2.40. The third kappa shape index (κ3) is 4.95. The van der Waals surface area contributed by atoms with Crippen LogP contribution in [0.4, 0.5) is 4.39 Å². The summed E-state index contributed by atoms with van der Waals surface area (Å²) >= 11 is 1.38. The first-order chi connectivity index (χ1) is 16.9. The molecule has 5 rings (SSSR count). The number of aryl methyl sites for hydroxylation is 2. The first-order valence-corrected chi connectivity index (χ1v) is 12.4. The molecule has 2 heterocycles. The summed E-state index contributed by atoms with van der Waals surface area (Å²) in [5.74, 6) is -0.359. The van der Waals surface area contributed by atoms with Gasteiger partial charge in [-0.05, 0) is 49.4 Å². The van der Waals surface area contributed by atoms with Crippen molar-refractivity contribution in [1.29, 1.82) is 0 Å². The fraction of sp³-hybridized carbons (Fsp3) is 0.308. The molecular formula is C26H26FN5O2S. The van der Waals surface area contributed by atoms with Gasteiger partial charge >= 0.3 is 0 Å². The molecule has 9 heteroatoms. The van der Waals surface area contributed by atoms with Gasteiger partial charge in [-0.15, -0.1) is 11.3 Å². The summed E-state index contributed by atoms with van der Waals surface area (Å²) in [6.45, 7) is 3.10. The molecule has 2 aromatic carbocycles. The van der Waals surface area contributed by atoms with E-state index < -0.39 is 0 Å². The zero-order valence-electron chi connectivity index (χ0n) is 19.6. The van der Waals surface area contributed by atoms with Crippen molar-refractivity contribution in [2.45, 2.75) is 19.8 Å². The number of nitrogens with one attached hydrogen (secondary N) is 1. The van der Waals surface area contributed by atoms with E-state index in [-0.39, 0.29) is 17.6 Å². The summed E-state index contributed by atoms with van der Waals surface area (Å²) in [5.41, 5.74) is 2.22. The molecule has 180 valence electrons. The highest BCUT2D eigenvalue weighted by atomic mass is 32.1. The highest BCUT2D eigenvalue weighted by molar-refractivity contribution is 7.15. The van der Waals surface area contributed by atoms with Crippen LogP contribution in [-0.2, 0) is 7.05 Å². The summed E-state index contributed by atoms with van der Waals surface area (Å²) in [5, 5.41) is 8.82. The van der Waals surface area contributed by atoms with Gasteiger partial charge in [-0.2, -0.15) is 5.10 Å². The summed E-state index contributed by atoms with van der Waals surface area (Å²) in [4.78, 5) is 33.4. The van der Waals surface area contributed by atoms with Gasteiger partial charge in [-0.3, -0.25) is 14.3 Å². The van der Waals surface area contributed by atoms with Gasteiger partial charge in [-0.25, -0.2) is 9.37 Å². The van der Waals surface area contributed by atoms with E-state index in [4.69, 9.17) is 0 Å². The largest absolute Gasteiger partial charge is 0.349 e. The van der Waals surface area contributed by atoms with E-state index in [2.05, 4.69) is 15.4 Å². The van der Waals surface area contributed by atoms with Crippen LogP contribution in [0.25, 0.3) is 21.3 Å². The van der Waals surface area contributed by atoms with Gasteiger partial charge in [0.2, 0.25) is 0 Å². The Morgan fingerprint density at radius 2 is 1.97 bits per heavy atom. The maximum atomic E-state index is 13.9. The van der Waals surface area contributed by atoms with E-state index in [9.17, 15) is 14.0 Å². The van der Waals surface area contributed by atoms with Gasteiger partial charge < -0.3 is 10.2 Å². The van der Waals surface area contributed by atoms with Gasteiger partial charge in [0.1, 0.15) is 11.5 Å². The van der Waals surface area contributed by atoms with Crippen molar-refractivity contribution in [3.05, 3.63) is 70.7 Å².